The number of carboxylic acids is 1. The minimum Gasteiger partial charge on any atom is -0.480 e. The summed E-state index contributed by atoms with van der Waals surface area (Å²) in [6.45, 7) is 6.76. The van der Waals surface area contributed by atoms with Crippen LogP contribution in [0.5, 0.6) is 0 Å². The van der Waals surface area contributed by atoms with Gasteiger partial charge in [-0.2, -0.15) is 0 Å². The van der Waals surface area contributed by atoms with Crippen LogP contribution in [0, 0.1) is 12.8 Å². The Balaban J connectivity index is 1.99. The van der Waals surface area contributed by atoms with Crippen LogP contribution in [0.2, 0.25) is 0 Å². The fourth-order valence-corrected chi connectivity index (χ4v) is 3.28. The second kappa shape index (κ2) is 7.56. The molecular formula is C18H23NO2S. The minimum absolute atomic E-state index is 0.361. The van der Waals surface area contributed by atoms with Gasteiger partial charge in [0, 0.05) is 16.3 Å². The number of thiophene rings is 1. The van der Waals surface area contributed by atoms with Crippen molar-refractivity contribution in [3.63, 3.8) is 0 Å². The smallest absolute Gasteiger partial charge is 0.320 e. The Morgan fingerprint density at radius 2 is 1.86 bits per heavy atom. The van der Waals surface area contributed by atoms with Gasteiger partial charge in [-0.25, -0.2) is 0 Å². The van der Waals surface area contributed by atoms with E-state index in [2.05, 4.69) is 48.6 Å². The summed E-state index contributed by atoms with van der Waals surface area (Å²) in [5, 5.41) is 12.4. The monoisotopic (exact) mass is 317 g/mol. The highest BCUT2D eigenvalue weighted by atomic mass is 32.1. The van der Waals surface area contributed by atoms with E-state index in [1.165, 1.54) is 16.0 Å². The van der Waals surface area contributed by atoms with Crippen molar-refractivity contribution in [2.24, 2.45) is 5.92 Å². The van der Waals surface area contributed by atoms with Gasteiger partial charge in [0.15, 0.2) is 0 Å². The third-order valence-corrected chi connectivity index (χ3v) is 4.66. The molecule has 1 atom stereocenters. The van der Waals surface area contributed by atoms with E-state index < -0.39 is 12.0 Å². The Kier molecular flexibility index (Phi) is 5.75. The van der Waals surface area contributed by atoms with Crippen LogP contribution in [0.4, 0.5) is 0 Å². The van der Waals surface area contributed by atoms with E-state index in [0.717, 1.165) is 4.88 Å². The summed E-state index contributed by atoms with van der Waals surface area (Å²) < 4.78 is 0. The number of carbonyl (C=O) groups is 1. The van der Waals surface area contributed by atoms with E-state index in [1.54, 1.807) is 11.3 Å². The fraction of sp³-hybridized carbons (Fsp3) is 0.389. The van der Waals surface area contributed by atoms with Crippen LogP contribution in [-0.4, -0.2) is 17.1 Å². The van der Waals surface area contributed by atoms with Crippen LogP contribution in [0.15, 0.2) is 36.4 Å². The van der Waals surface area contributed by atoms with Gasteiger partial charge in [-0.15, -0.1) is 11.3 Å². The summed E-state index contributed by atoms with van der Waals surface area (Å²) >= 11 is 1.71. The van der Waals surface area contributed by atoms with Gasteiger partial charge >= 0.3 is 5.97 Å². The third-order valence-electron chi connectivity index (χ3n) is 3.53. The quantitative estimate of drug-likeness (QED) is 0.800. The number of benzene rings is 1. The van der Waals surface area contributed by atoms with Gasteiger partial charge in [0.05, 0.1) is 0 Å². The lowest BCUT2D eigenvalue weighted by Gasteiger charge is -2.15. The maximum absolute atomic E-state index is 11.3. The maximum atomic E-state index is 11.3. The van der Waals surface area contributed by atoms with E-state index in [0.29, 0.717) is 18.9 Å². The molecule has 0 fully saturated rings. The zero-order valence-corrected chi connectivity index (χ0v) is 14.1. The summed E-state index contributed by atoms with van der Waals surface area (Å²) in [5.41, 5.74) is 2.46. The van der Waals surface area contributed by atoms with Crippen molar-refractivity contribution in [3.8, 4) is 10.4 Å². The number of carboxylic acid groups (broad SMARTS) is 1. The van der Waals surface area contributed by atoms with E-state index >= 15 is 0 Å². The zero-order chi connectivity index (χ0) is 16.1. The molecule has 4 heteroatoms. The first kappa shape index (κ1) is 16.7. The topological polar surface area (TPSA) is 49.3 Å². The van der Waals surface area contributed by atoms with Crippen molar-refractivity contribution >= 4 is 17.3 Å². The normalized spacial score (nSPS) is 12.5. The molecule has 2 N–H and O–H groups in total. The Hall–Kier alpha value is -1.65. The van der Waals surface area contributed by atoms with Crippen LogP contribution in [-0.2, 0) is 11.3 Å². The number of nitrogens with one attached hydrogen (secondary N) is 1. The molecule has 118 valence electrons. The lowest BCUT2D eigenvalue weighted by atomic mass is 10.0. The SMILES string of the molecule is Cc1ccc(-c2ccc(CNC(CC(C)C)C(=O)O)s2)cc1. The van der Waals surface area contributed by atoms with Crippen molar-refractivity contribution in [1.82, 2.24) is 5.32 Å². The van der Waals surface area contributed by atoms with Crippen LogP contribution in [0.1, 0.15) is 30.7 Å². The predicted molar refractivity (Wildman–Crippen MR) is 92.2 cm³/mol. The van der Waals surface area contributed by atoms with Crippen molar-refractivity contribution in [1.29, 1.82) is 0 Å². The highest BCUT2D eigenvalue weighted by molar-refractivity contribution is 7.15. The average Bonchev–Trinajstić information content (AvgIpc) is 2.92. The van der Waals surface area contributed by atoms with Gasteiger partial charge in [-0.1, -0.05) is 43.7 Å². The molecule has 0 spiro atoms. The van der Waals surface area contributed by atoms with E-state index in [9.17, 15) is 9.90 Å². The fourth-order valence-electron chi connectivity index (χ4n) is 2.31. The standard InChI is InChI=1S/C18H23NO2S/c1-12(2)10-16(18(20)21)19-11-15-8-9-17(22-15)14-6-4-13(3)5-7-14/h4-9,12,16,19H,10-11H2,1-3H3,(H,20,21). The van der Waals surface area contributed by atoms with E-state index in [-0.39, 0.29) is 0 Å². The molecule has 0 saturated heterocycles. The summed E-state index contributed by atoms with van der Waals surface area (Å²) in [4.78, 5) is 13.6. The number of hydrogen-bond donors (Lipinski definition) is 2. The number of aliphatic carboxylic acids is 1. The molecule has 0 amide bonds. The minimum atomic E-state index is -0.774. The maximum Gasteiger partial charge on any atom is 0.320 e. The largest absolute Gasteiger partial charge is 0.480 e. The molecular weight excluding hydrogens is 294 g/mol. The average molecular weight is 317 g/mol. The highest BCUT2D eigenvalue weighted by Gasteiger charge is 2.18. The van der Waals surface area contributed by atoms with Crippen LogP contribution < -0.4 is 5.32 Å². The Labute approximate surface area is 136 Å². The first-order chi connectivity index (χ1) is 10.5. The van der Waals surface area contributed by atoms with Crippen LogP contribution in [0.25, 0.3) is 10.4 Å². The molecule has 2 aromatic rings. The van der Waals surface area contributed by atoms with Gasteiger partial charge in [-0.05, 0) is 37.0 Å². The molecule has 2 rings (SSSR count). The summed E-state index contributed by atoms with van der Waals surface area (Å²) in [6.07, 6.45) is 0.644. The van der Waals surface area contributed by atoms with E-state index in [1.807, 2.05) is 13.8 Å². The number of rotatable bonds is 7. The molecule has 0 radical (unpaired) electrons. The molecule has 0 aliphatic heterocycles. The molecule has 0 aliphatic carbocycles. The number of aryl methyl sites for hydroxylation is 1. The van der Waals surface area contributed by atoms with Gasteiger partial charge in [-0.3, -0.25) is 10.1 Å². The van der Waals surface area contributed by atoms with Crippen molar-refractivity contribution in [2.45, 2.75) is 39.8 Å². The zero-order valence-electron chi connectivity index (χ0n) is 13.3. The summed E-state index contributed by atoms with van der Waals surface area (Å²) in [7, 11) is 0. The summed E-state index contributed by atoms with van der Waals surface area (Å²) in [5.74, 6) is -0.413. The molecule has 0 bridgehead atoms. The second-order valence-corrected chi connectivity index (χ2v) is 7.20. The van der Waals surface area contributed by atoms with Crippen LogP contribution >= 0.6 is 11.3 Å². The van der Waals surface area contributed by atoms with Crippen LogP contribution in [0.3, 0.4) is 0 Å². The Morgan fingerprint density at radius 1 is 1.18 bits per heavy atom. The lowest BCUT2D eigenvalue weighted by Crippen LogP contribution is -2.37. The lowest BCUT2D eigenvalue weighted by molar-refractivity contribution is -0.140. The molecule has 3 nitrogen and oxygen atoms in total. The predicted octanol–water partition coefficient (Wildman–Crippen LogP) is 4.31. The van der Waals surface area contributed by atoms with Crippen molar-refractivity contribution < 1.29 is 9.90 Å². The molecule has 1 aromatic heterocycles. The van der Waals surface area contributed by atoms with E-state index in [4.69, 9.17) is 0 Å². The second-order valence-electron chi connectivity index (χ2n) is 6.03. The van der Waals surface area contributed by atoms with Gasteiger partial charge in [0.2, 0.25) is 0 Å². The first-order valence-electron chi connectivity index (χ1n) is 7.57. The van der Waals surface area contributed by atoms with Crippen molar-refractivity contribution in [3.05, 3.63) is 46.8 Å². The summed E-state index contributed by atoms with van der Waals surface area (Å²) in [6, 6.07) is 12.1. The van der Waals surface area contributed by atoms with Crippen molar-refractivity contribution in [2.75, 3.05) is 0 Å². The van der Waals surface area contributed by atoms with Gasteiger partial charge in [0.1, 0.15) is 6.04 Å². The highest BCUT2D eigenvalue weighted by Crippen LogP contribution is 2.28. The first-order valence-corrected chi connectivity index (χ1v) is 8.39. The Morgan fingerprint density at radius 3 is 2.45 bits per heavy atom. The number of hydrogen-bond acceptors (Lipinski definition) is 3. The molecule has 1 unspecified atom stereocenters. The van der Waals surface area contributed by atoms with Gasteiger partial charge < -0.3 is 5.11 Å². The molecule has 1 aromatic carbocycles. The molecule has 22 heavy (non-hydrogen) atoms. The molecule has 1 heterocycles. The third kappa shape index (κ3) is 4.68. The molecule has 0 aliphatic rings. The Bertz CT molecular complexity index is 616. The van der Waals surface area contributed by atoms with Gasteiger partial charge in [0.25, 0.3) is 0 Å². The molecule has 0 saturated carbocycles.